The van der Waals surface area contributed by atoms with Crippen molar-refractivity contribution in [2.24, 2.45) is 0 Å². The molecular formula is C10H16S2. The molecule has 2 atom stereocenters. The van der Waals surface area contributed by atoms with E-state index in [9.17, 15) is 0 Å². The van der Waals surface area contributed by atoms with Crippen LogP contribution in [0.15, 0.2) is 24.3 Å². The topological polar surface area (TPSA) is 0 Å². The first-order chi connectivity index (χ1) is 5.79. The van der Waals surface area contributed by atoms with Gasteiger partial charge in [-0.2, -0.15) is 25.3 Å². The van der Waals surface area contributed by atoms with Crippen LogP contribution >= 0.6 is 25.3 Å². The van der Waals surface area contributed by atoms with Crippen LogP contribution in [0.2, 0.25) is 0 Å². The van der Waals surface area contributed by atoms with Gasteiger partial charge in [0.2, 0.25) is 0 Å². The van der Waals surface area contributed by atoms with E-state index in [0.29, 0.717) is 10.5 Å². The van der Waals surface area contributed by atoms with Gasteiger partial charge in [-0.3, -0.25) is 0 Å². The van der Waals surface area contributed by atoms with E-state index < -0.39 is 0 Å². The van der Waals surface area contributed by atoms with Crippen molar-refractivity contribution in [2.45, 2.75) is 36.2 Å². The summed E-state index contributed by atoms with van der Waals surface area (Å²) in [5, 5.41) is 0.989. The molecule has 0 saturated heterocycles. The van der Waals surface area contributed by atoms with Gasteiger partial charge in [-0.15, -0.1) is 0 Å². The Morgan fingerprint density at radius 2 is 0.917 bits per heavy atom. The molecule has 0 nitrogen and oxygen atoms in total. The second-order valence-corrected chi connectivity index (χ2v) is 4.65. The van der Waals surface area contributed by atoms with Crippen LogP contribution in [0.4, 0.5) is 0 Å². The van der Waals surface area contributed by atoms with Crippen LogP contribution in [0.5, 0.6) is 0 Å². The molecular weight excluding hydrogens is 184 g/mol. The summed E-state index contributed by atoms with van der Waals surface area (Å²) in [7, 11) is 0. The molecule has 1 rings (SSSR count). The van der Waals surface area contributed by atoms with Gasteiger partial charge in [0, 0.05) is 10.5 Å². The van der Waals surface area contributed by atoms with Gasteiger partial charge >= 0.3 is 0 Å². The minimum Gasteiger partial charge on any atom is -0.175 e. The Bertz CT molecular complexity index is 137. The maximum absolute atomic E-state index is 4.46. The van der Waals surface area contributed by atoms with E-state index in [1.807, 2.05) is 0 Å². The van der Waals surface area contributed by atoms with Crippen molar-refractivity contribution in [1.29, 1.82) is 0 Å². The predicted molar refractivity (Wildman–Crippen MR) is 62.3 cm³/mol. The van der Waals surface area contributed by atoms with Gasteiger partial charge in [0.05, 0.1) is 0 Å². The average Bonchev–Trinajstić information content (AvgIpc) is 2.06. The van der Waals surface area contributed by atoms with Gasteiger partial charge in [-0.1, -0.05) is 24.3 Å². The third kappa shape index (κ3) is 4.27. The highest BCUT2D eigenvalue weighted by atomic mass is 32.1. The van der Waals surface area contributed by atoms with Gasteiger partial charge in [0.25, 0.3) is 0 Å². The summed E-state index contributed by atoms with van der Waals surface area (Å²) >= 11 is 8.92. The Kier molecular flexibility index (Phi) is 4.93. The largest absolute Gasteiger partial charge is 0.175 e. The predicted octanol–water partition coefficient (Wildman–Crippen LogP) is 3.27. The summed E-state index contributed by atoms with van der Waals surface area (Å²) in [4.78, 5) is 0. The minimum absolute atomic E-state index is 0.494. The molecule has 0 radical (unpaired) electrons. The first-order valence-corrected chi connectivity index (χ1v) is 5.48. The number of thiol groups is 2. The normalized spacial score (nSPS) is 37.2. The fourth-order valence-electron chi connectivity index (χ4n) is 1.21. The summed E-state index contributed by atoms with van der Waals surface area (Å²) in [5.41, 5.74) is 0. The quantitative estimate of drug-likeness (QED) is 0.435. The molecule has 0 aromatic rings. The highest BCUT2D eigenvalue weighted by molar-refractivity contribution is 7.81. The zero-order chi connectivity index (χ0) is 8.81. The molecule has 0 fully saturated rings. The minimum atomic E-state index is 0.494. The van der Waals surface area contributed by atoms with Gasteiger partial charge in [-0.05, 0) is 25.7 Å². The van der Waals surface area contributed by atoms with Crippen molar-refractivity contribution >= 4 is 25.3 Å². The van der Waals surface area contributed by atoms with E-state index in [1.165, 1.54) is 0 Å². The summed E-state index contributed by atoms with van der Waals surface area (Å²) in [6, 6.07) is 0. The third-order valence-electron chi connectivity index (χ3n) is 1.97. The van der Waals surface area contributed by atoms with Gasteiger partial charge in [0.1, 0.15) is 0 Å². The van der Waals surface area contributed by atoms with Crippen molar-refractivity contribution in [1.82, 2.24) is 0 Å². The summed E-state index contributed by atoms with van der Waals surface area (Å²) < 4.78 is 0. The van der Waals surface area contributed by atoms with Crippen molar-refractivity contribution in [2.75, 3.05) is 0 Å². The number of rotatable bonds is 0. The van der Waals surface area contributed by atoms with E-state index in [2.05, 4.69) is 49.6 Å². The molecule has 2 unspecified atom stereocenters. The Morgan fingerprint density at radius 1 is 0.667 bits per heavy atom. The Balaban J connectivity index is 2.43. The Hall–Kier alpha value is 0.180. The number of allylic oxidation sites excluding steroid dienone is 4. The lowest BCUT2D eigenvalue weighted by Crippen LogP contribution is -1.98. The zero-order valence-corrected chi connectivity index (χ0v) is 8.98. The first-order valence-electron chi connectivity index (χ1n) is 4.45. The van der Waals surface area contributed by atoms with Crippen molar-refractivity contribution < 1.29 is 0 Å². The summed E-state index contributed by atoms with van der Waals surface area (Å²) in [6.07, 6.45) is 13.2. The highest BCUT2D eigenvalue weighted by Gasteiger charge is 2.01. The van der Waals surface area contributed by atoms with Crippen LogP contribution in [-0.2, 0) is 0 Å². The Labute approximate surface area is 85.9 Å². The zero-order valence-electron chi connectivity index (χ0n) is 7.19. The second-order valence-electron chi connectivity index (χ2n) is 3.19. The molecule has 0 aromatic heterocycles. The van der Waals surface area contributed by atoms with Crippen LogP contribution in [0.25, 0.3) is 0 Å². The van der Waals surface area contributed by atoms with Crippen molar-refractivity contribution in [3.05, 3.63) is 24.3 Å². The van der Waals surface area contributed by atoms with Crippen LogP contribution in [0.3, 0.4) is 0 Å². The van der Waals surface area contributed by atoms with Crippen molar-refractivity contribution in [3.8, 4) is 0 Å². The molecule has 1 aliphatic rings. The smallest absolute Gasteiger partial charge is 0.00857 e. The van der Waals surface area contributed by atoms with E-state index in [1.54, 1.807) is 0 Å². The second kappa shape index (κ2) is 5.76. The number of hydrogen-bond donors (Lipinski definition) is 2. The van der Waals surface area contributed by atoms with E-state index >= 15 is 0 Å². The van der Waals surface area contributed by atoms with E-state index in [-0.39, 0.29) is 0 Å². The fraction of sp³-hybridized carbons (Fsp3) is 0.600. The first kappa shape index (κ1) is 10.3. The highest BCUT2D eigenvalue weighted by Crippen LogP contribution is 2.14. The lowest BCUT2D eigenvalue weighted by molar-refractivity contribution is 0.844. The summed E-state index contributed by atoms with van der Waals surface area (Å²) in [5.74, 6) is 0. The molecule has 2 heteroatoms. The van der Waals surface area contributed by atoms with Crippen molar-refractivity contribution in [3.63, 3.8) is 0 Å². The molecule has 0 amide bonds. The fourth-order valence-corrected chi connectivity index (χ4v) is 1.69. The lowest BCUT2D eigenvalue weighted by Gasteiger charge is -2.08. The number of hydrogen-bond acceptors (Lipinski definition) is 2. The standard InChI is InChI=1S/C10H16S2/c11-9-5-1-2-6-10(12)8-4-3-7-9/h1-4,9-12H,5-8H2/b2-1-,4-3+. The molecule has 0 N–H and O–H groups in total. The molecule has 0 spiro atoms. The molecule has 12 heavy (non-hydrogen) atoms. The van der Waals surface area contributed by atoms with E-state index in [4.69, 9.17) is 0 Å². The van der Waals surface area contributed by atoms with Gasteiger partial charge < -0.3 is 0 Å². The molecule has 0 bridgehead atoms. The van der Waals surface area contributed by atoms with Gasteiger partial charge in [0.15, 0.2) is 0 Å². The van der Waals surface area contributed by atoms with Crippen LogP contribution in [-0.4, -0.2) is 10.5 Å². The van der Waals surface area contributed by atoms with Crippen LogP contribution in [0.1, 0.15) is 25.7 Å². The Morgan fingerprint density at radius 3 is 1.17 bits per heavy atom. The molecule has 0 aromatic carbocycles. The van der Waals surface area contributed by atoms with Gasteiger partial charge in [-0.25, -0.2) is 0 Å². The molecule has 1 aliphatic carbocycles. The van der Waals surface area contributed by atoms with Crippen LogP contribution in [0, 0.1) is 0 Å². The summed E-state index contributed by atoms with van der Waals surface area (Å²) in [6.45, 7) is 0. The molecule has 0 heterocycles. The third-order valence-corrected chi connectivity index (χ3v) is 2.81. The average molecular weight is 200 g/mol. The van der Waals surface area contributed by atoms with Crippen LogP contribution < -0.4 is 0 Å². The monoisotopic (exact) mass is 200 g/mol. The van der Waals surface area contributed by atoms with E-state index in [0.717, 1.165) is 25.7 Å². The maximum Gasteiger partial charge on any atom is 0.00857 e. The maximum atomic E-state index is 4.46. The molecule has 0 aliphatic heterocycles. The SMILES string of the molecule is SC1C/C=C\CC(S)C/C=C/C1. The lowest BCUT2D eigenvalue weighted by atomic mass is 10.1. The molecule has 0 saturated carbocycles. The molecule has 68 valence electrons.